The number of aryl methyl sites for hydroxylation is 2. The minimum absolute atomic E-state index is 0.116. The number of nitrogens with one attached hydrogen (secondary N) is 1. The summed E-state index contributed by atoms with van der Waals surface area (Å²) in [6.07, 6.45) is 11.6. The standard InChI is InChI=1S/C18H27N3OS/c22-17(20-18-19-15-7-3-4-8-16(15)23-18)12-21-10-9-13-5-1-2-6-14(13)11-21/h13-14H,1-12H2,(H,19,20,22). The summed E-state index contributed by atoms with van der Waals surface area (Å²) in [6, 6.07) is 0. The van der Waals surface area contributed by atoms with Gasteiger partial charge >= 0.3 is 0 Å². The van der Waals surface area contributed by atoms with Gasteiger partial charge in [-0.25, -0.2) is 4.98 Å². The highest BCUT2D eigenvalue weighted by atomic mass is 32.1. The number of aromatic nitrogens is 1. The zero-order valence-electron chi connectivity index (χ0n) is 13.9. The molecule has 23 heavy (non-hydrogen) atoms. The second kappa shape index (κ2) is 6.89. The number of piperidine rings is 1. The molecule has 5 heteroatoms. The second-order valence-electron chi connectivity index (χ2n) is 7.47. The van der Waals surface area contributed by atoms with Crippen molar-refractivity contribution in [3.05, 3.63) is 10.6 Å². The van der Waals surface area contributed by atoms with Crippen LogP contribution in [0.15, 0.2) is 0 Å². The summed E-state index contributed by atoms with van der Waals surface area (Å²) in [5, 5.41) is 3.86. The molecule has 2 heterocycles. The normalized spacial score (nSPS) is 28.0. The summed E-state index contributed by atoms with van der Waals surface area (Å²) < 4.78 is 0. The first kappa shape index (κ1) is 15.6. The highest BCUT2D eigenvalue weighted by molar-refractivity contribution is 7.15. The predicted molar refractivity (Wildman–Crippen MR) is 93.9 cm³/mol. The van der Waals surface area contributed by atoms with Crippen LogP contribution in [0.25, 0.3) is 0 Å². The summed E-state index contributed by atoms with van der Waals surface area (Å²) in [6.45, 7) is 2.74. The maximum absolute atomic E-state index is 12.4. The SMILES string of the molecule is O=C(CN1CCC2CCCCC2C1)Nc1nc2c(s1)CCCC2. The number of carbonyl (C=O) groups is 1. The second-order valence-corrected chi connectivity index (χ2v) is 8.56. The van der Waals surface area contributed by atoms with Gasteiger partial charge in [-0.15, -0.1) is 11.3 Å². The summed E-state index contributed by atoms with van der Waals surface area (Å²) in [7, 11) is 0. The molecule has 1 aliphatic heterocycles. The molecule has 2 aliphatic carbocycles. The van der Waals surface area contributed by atoms with E-state index in [-0.39, 0.29) is 5.91 Å². The van der Waals surface area contributed by atoms with Crippen molar-refractivity contribution in [3.63, 3.8) is 0 Å². The fourth-order valence-electron chi connectivity index (χ4n) is 4.59. The Morgan fingerprint density at radius 3 is 2.83 bits per heavy atom. The molecule has 1 saturated heterocycles. The Labute approximate surface area is 142 Å². The van der Waals surface area contributed by atoms with Crippen LogP contribution >= 0.6 is 11.3 Å². The maximum Gasteiger partial charge on any atom is 0.240 e. The van der Waals surface area contributed by atoms with Crippen molar-refractivity contribution >= 4 is 22.4 Å². The molecule has 1 amide bonds. The highest BCUT2D eigenvalue weighted by Gasteiger charge is 2.31. The lowest BCUT2D eigenvalue weighted by atomic mass is 9.75. The quantitative estimate of drug-likeness (QED) is 0.921. The van der Waals surface area contributed by atoms with E-state index in [1.807, 2.05) is 0 Å². The molecule has 2 atom stereocenters. The average Bonchev–Trinajstić information content (AvgIpc) is 2.96. The van der Waals surface area contributed by atoms with Crippen LogP contribution in [0.2, 0.25) is 0 Å². The van der Waals surface area contributed by atoms with Gasteiger partial charge in [0.05, 0.1) is 12.2 Å². The van der Waals surface area contributed by atoms with Crippen LogP contribution in [0, 0.1) is 11.8 Å². The van der Waals surface area contributed by atoms with Crippen LogP contribution < -0.4 is 5.32 Å². The molecular weight excluding hydrogens is 306 g/mol. The molecule has 126 valence electrons. The fourth-order valence-corrected chi connectivity index (χ4v) is 5.65. The molecule has 3 aliphatic rings. The molecule has 4 rings (SSSR count). The summed E-state index contributed by atoms with van der Waals surface area (Å²) in [5.74, 6) is 1.87. The zero-order valence-corrected chi connectivity index (χ0v) is 14.7. The van der Waals surface area contributed by atoms with Gasteiger partial charge in [-0.05, 0) is 56.9 Å². The highest BCUT2D eigenvalue weighted by Crippen LogP contribution is 2.36. The lowest BCUT2D eigenvalue weighted by Gasteiger charge is -2.41. The zero-order chi connectivity index (χ0) is 15.6. The van der Waals surface area contributed by atoms with Crippen LogP contribution in [0.3, 0.4) is 0 Å². The number of nitrogens with zero attached hydrogens (tertiary/aromatic N) is 2. The predicted octanol–water partition coefficient (Wildman–Crippen LogP) is 3.47. The number of fused-ring (bicyclic) bond motifs is 2. The topological polar surface area (TPSA) is 45.2 Å². The van der Waals surface area contributed by atoms with Crippen LogP contribution in [-0.4, -0.2) is 35.4 Å². The number of likely N-dealkylation sites (tertiary alicyclic amines) is 1. The number of thiazole rings is 1. The van der Waals surface area contributed by atoms with E-state index in [1.54, 1.807) is 11.3 Å². The first-order valence-corrected chi connectivity index (χ1v) is 10.1. The van der Waals surface area contributed by atoms with Crippen molar-refractivity contribution < 1.29 is 4.79 Å². The third kappa shape index (κ3) is 3.61. The molecule has 1 N–H and O–H groups in total. The van der Waals surface area contributed by atoms with E-state index in [0.29, 0.717) is 6.54 Å². The van der Waals surface area contributed by atoms with Crippen molar-refractivity contribution in [1.82, 2.24) is 9.88 Å². The van der Waals surface area contributed by atoms with E-state index in [1.165, 1.54) is 55.5 Å². The van der Waals surface area contributed by atoms with Gasteiger partial charge in [-0.1, -0.05) is 19.3 Å². The van der Waals surface area contributed by atoms with Crippen molar-refractivity contribution in [3.8, 4) is 0 Å². The minimum atomic E-state index is 0.116. The van der Waals surface area contributed by atoms with Gasteiger partial charge in [-0.2, -0.15) is 0 Å². The first-order valence-electron chi connectivity index (χ1n) is 9.29. The Kier molecular flexibility index (Phi) is 4.67. The molecule has 2 unspecified atom stereocenters. The molecule has 1 aromatic rings. The van der Waals surface area contributed by atoms with Gasteiger partial charge in [0.2, 0.25) is 5.91 Å². The number of hydrogen-bond donors (Lipinski definition) is 1. The van der Waals surface area contributed by atoms with Crippen LogP contribution in [0.4, 0.5) is 5.13 Å². The number of anilines is 1. The van der Waals surface area contributed by atoms with Crippen molar-refractivity contribution in [2.24, 2.45) is 11.8 Å². The molecule has 2 fully saturated rings. The van der Waals surface area contributed by atoms with Crippen molar-refractivity contribution in [1.29, 1.82) is 0 Å². The van der Waals surface area contributed by atoms with E-state index in [4.69, 9.17) is 0 Å². The molecule has 0 radical (unpaired) electrons. The van der Waals surface area contributed by atoms with E-state index in [9.17, 15) is 4.79 Å². The molecule has 0 spiro atoms. The van der Waals surface area contributed by atoms with Gasteiger partial charge in [0.15, 0.2) is 5.13 Å². The summed E-state index contributed by atoms with van der Waals surface area (Å²) in [5.41, 5.74) is 1.22. The lowest BCUT2D eigenvalue weighted by Crippen LogP contribution is -2.44. The van der Waals surface area contributed by atoms with Crippen LogP contribution in [0.5, 0.6) is 0 Å². The van der Waals surface area contributed by atoms with E-state index in [2.05, 4.69) is 15.2 Å². The number of hydrogen-bond acceptors (Lipinski definition) is 4. The first-order chi connectivity index (χ1) is 11.3. The van der Waals surface area contributed by atoms with Gasteiger partial charge in [0, 0.05) is 11.4 Å². The van der Waals surface area contributed by atoms with Crippen LogP contribution in [0.1, 0.15) is 55.5 Å². The number of amides is 1. The van der Waals surface area contributed by atoms with Gasteiger partial charge in [-0.3, -0.25) is 9.69 Å². The molecule has 0 bridgehead atoms. The Balaban J connectivity index is 1.30. The van der Waals surface area contributed by atoms with Gasteiger partial charge in [0.1, 0.15) is 0 Å². The number of carbonyl (C=O) groups excluding carboxylic acids is 1. The summed E-state index contributed by atoms with van der Waals surface area (Å²) >= 11 is 1.68. The average molecular weight is 334 g/mol. The molecule has 1 saturated carbocycles. The Morgan fingerprint density at radius 2 is 1.96 bits per heavy atom. The van der Waals surface area contributed by atoms with E-state index < -0.39 is 0 Å². The third-order valence-corrected chi connectivity index (χ3v) is 6.91. The lowest BCUT2D eigenvalue weighted by molar-refractivity contribution is -0.118. The Morgan fingerprint density at radius 1 is 1.13 bits per heavy atom. The molecule has 0 aromatic carbocycles. The number of rotatable bonds is 3. The van der Waals surface area contributed by atoms with E-state index in [0.717, 1.165) is 42.9 Å². The van der Waals surface area contributed by atoms with Gasteiger partial charge < -0.3 is 5.32 Å². The minimum Gasteiger partial charge on any atom is -0.301 e. The van der Waals surface area contributed by atoms with Crippen molar-refractivity contribution in [2.45, 2.75) is 57.8 Å². The maximum atomic E-state index is 12.4. The Hall–Kier alpha value is -0.940. The summed E-state index contributed by atoms with van der Waals surface area (Å²) in [4.78, 5) is 20.7. The van der Waals surface area contributed by atoms with Crippen LogP contribution in [-0.2, 0) is 17.6 Å². The fraction of sp³-hybridized carbons (Fsp3) is 0.778. The van der Waals surface area contributed by atoms with Gasteiger partial charge in [0.25, 0.3) is 0 Å². The molecule has 4 nitrogen and oxygen atoms in total. The van der Waals surface area contributed by atoms with Crippen molar-refractivity contribution in [2.75, 3.05) is 25.0 Å². The third-order valence-electron chi connectivity index (χ3n) is 5.83. The monoisotopic (exact) mass is 333 g/mol. The molecular formula is C18H27N3OS. The largest absolute Gasteiger partial charge is 0.301 e. The smallest absolute Gasteiger partial charge is 0.240 e. The molecule has 1 aromatic heterocycles. The Bertz CT molecular complexity index is 547. The van der Waals surface area contributed by atoms with E-state index >= 15 is 0 Å².